The Morgan fingerprint density at radius 2 is 1.84 bits per heavy atom. The maximum Gasteiger partial charge on any atom is 0.339 e. The average Bonchev–Trinajstić information content (AvgIpc) is 3.59. The molecule has 12 heteroatoms. The van der Waals surface area contributed by atoms with Gasteiger partial charge in [-0.2, -0.15) is 0 Å². The van der Waals surface area contributed by atoms with E-state index in [1.54, 1.807) is 12.1 Å². The predicted octanol–water partition coefficient (Wildman–Crippen LogP) is 3.42. The fourth-order valence-electron chi connectivity index (χ4n) is 5.31. The Morgan fingerprint density at radius 3 is 2.45 bits per heavy atom. The first-order valence-corrected chi connectivity index (χ1v) is 12.2. The Kier molecular flexibility index (Phi) is 6.06. The van der Waals surface area contributed by atoms with Gasteiger partial charge < -0.3 is 39.3 Å². The molecule has 2 atom stereocenters. The van der Waals surface area contributed by atoms with E-state index in [4.69, 9.17) is 30.5 Å². The number of fused-ring (bicyclic) bond motifs is 4. The molecule has 3 N–H and O–H groups in total. The van der Waals surface area contributed by atoms with E-state index in [-0.39, 0.29) is 35.1 Å². The lowest BCUT2D eigenvalue weighted by Gasteiger charge is -2.20. The molecule has 1 unspecified atom stereocenters. The Bertz CT molecular complexity index is 1520. The van der Waals surface area contributed by atoms with Crippen molar-refractivity contribution in [3.05, 3.63) is 35.0 Å². The number of methoxy groups -OCH3 is 4. The molecule has 1 amide bonds. The number of hydrogen-bond donors (Lipinski definition) is 3. The summed E-state index contributed by atoms with van der Waals surface area (Å²) < 4.78 is 21.2. The second-order valence-electron chi connectivity index (χ2n) is 9.21. The van der Waals surface area contributed by atoms with Crippen molar-refractivity contribution in [2.24, 2.45) is 0 Å². The minimum atomic E-state index is -1.72. The van der Waals surface area contributed by atoms with Crippen molar-refractivity contribution in [1.29, 1.82) is 0 Å². The van der Waals surface area contributed by atoms with Crippen LogP contribution in [0.2, 0.25) is 0 Å². The van der Waals surface area contributed by atoms with E-state index in [9.17, 15) is 19.5 Å². The number of phenols is 1. The van der Waals surface area contributed by atoms with Gasteiger partial charge in [-0.3, -0.25) is 9.59 Å². The predicted molar refractivity (Wildman–Crippen MR) is 140 cm³/mol. The molecule has 0 radical (unpaired) electrons. The number of phenolic OH excluding ortho intramolecular Hbond substituents is 1. The van der Waals surface area contributed by atoms with E-state index in [1.807, 2.05) is 0 Å². The summed E-state index contributed by atoms with van der Waals surface area (Å²) in [5.74, 6) is -1.19. The largest absolute Gasteiger partial charge is 0.506 e. The first-order valence-electron chi connectivity index (χ1n) is 11.7. The van der Waals surface area contributed by atoms with Crippen LogP contribution in [-0.4, -0.2) is 74.2 Å². The Hall–Kier alpha value is -4.12. The van der Waals surface area contributed by atoms with Gasteiger partial charge in [-0.25, -0.2) is 4.79 Å². The summed E-state index contributed by atoms with van der Waals surface area (Å²) in [6, 6.07) is 4.78. The molecule has 1 aromatic heterocycles. The molecule has 11 nitrogen and oxygen atoms in total. The number of carbonyl (C=O) groups is 3. The lowest BCUT2D eigenvalue weighted by atomic mass is 9.89. The van der Waals surface area contributed by atoms with Crippen molar-refractivity contribution in [2.75, 3.05) is 51.1 Å². The van der Waals surface area contributed by atoms with Crippen LogP contribution in [-0.2, 0) is 9.53 Å². The van der Waals surface area contributed by atoms with E-state index < -0.39 is 29.1 Å². The number of rotatable bonds is 6. The van der Waals surface area contributed by atoms with Gasteiger partial charge >= 0.3 is 5.97 Å². The maximum atomic E-state index is 13.8. The number of H-pyrrole nitrogens is 1. The van der Waals surface area contributed by atoms with Gasteiger partial charge in [0.15, 0.2) is 17.0 Å². The van der Waals surface area contributed by atoms with Crippen LogP contribution in [0, 0.1) is 0 Å². The highest BCUT2D eigenvalue weighted by Crippen LogP contribution is 2.51. The van der Waals surface area contributed by atoms with Gasteiger partial charge in [0.2, 0.25) is 11.5 Å². The smallest absolute Gasteiger partial charge is 0.339 e. The minimum absolute atomic E-state index is 0.102. The summed E-state index contributed by atoms with van der Waals surface area (Å²) in [6.07, 6.45) is 0. The number of halogens is 1. The molecular weight excluding hydrogens is 518 g/mol. The molecule has 2 aliphatic rings. The zero-order valence-electron chi connectivity index (χ0n) is 21.4. The number of anilines is 2. The molecule has 0 aliphatic carbocycles. The summed E-state index contributed by atoms with van der Waals surface area (Å²) in [5.41, 5.74) is 0.113. The van der Waals surface area contributed by atoms with Crippen molar-refractivity contribution in [2.45, 2.75) is 18.4 Å². The molecule has 5 rings (SSSR count). The molecule has 0 saturated heterocycles. The van der Waals surface area contributed by atoms with Gasteiger partial charge in [0.25, 0.3) is 5.91 Å². The van der Waals surface area contributed by atoms with Crippen molar-refractivity contribution in [1.82, 2.24) is 4.98 Å². The zero-order valence-corrected chi connectivity index (χ0v) is 22.1. The highest BCUT2D eigenvalue weighted by atomic mass is 35.5. The number of aromatic hydroxyl groups is 1. The molecule has 38 heavy (non-hydrogen) atoms. The van der Waals surface area contributed by atoms with Crippen LogP contribution in [0.5, 0.6) is 23.0 Å². The number of ketones is 1. The van der Waals surface area contributed by atoms with E-state index in [0.717, 1.165) is 0 Å². The third-order valence-electron chi connectivity index (χ3n) is 7.16. The van der Waals surface area contributed by atoms with Gasteiger partial charge in [-0.05, 0) is 24.6 Å². The topological polar surface area (TPSA) is 139 Å². The monoisotopic (exact) mass is 543 g/mol. The van der Waals surface area contributed by atoms with Gasteiger partial charge in [-0.1, -0.05) is 0 Å². The van der Waals surface area contributed by atoms with Crippen molar-refractivity contribution >= 4 is 51.5 Å². The number of carbonyl (C=O) groups excluding carboxylic acids is 3. The zero-order chi connectivity index (χ0) is 27.5. The number of hydrogen-bond acceptors (Lipinski definition) is 9. The second kappa shape index (κ2) is 9.02. The van der Waals surface area contributed by atoms with Crippen LogP contribution in [0.3, 0.4) is 0 Å². The molecule has 0 saturated carbocycles. The van der Waals surface area contributed by atoms with Crippen LogP contribution < -0.4 is 24.4 Å². The third-order valence-corrected chi connectivity index (χ3v) is 7.53. The van der Waals surface area contributed by atoms with Crippen LogP contribution >= 0.6 is 11.6 Å². The van der Waals surface area contributed by atoms with Gasteiger partial charge in [-0.15, -0.1) is 11.6 Å². The van der Waals surface area contributed by atoms with E-state index in [2.05, 4.69) is 10.3 Å². The molecule has 0 bridgehead atoms. The number of nitrogens with one attached hydrogen (secondary N) is 2. The Morgan fingerprint density at radius 1 is 1.13 bits per heavy atom. The highest BCUT2D eigenvalue weighted by molar-refractivity contribution is 6.27. The fourth-order valence-corrected chi connectivity index (χ4v) is 5.56. The normalized spacial score (nSPS) is 19.7. The summed E-state index contributed by atoms with van der Waals surface area (Å²) in [7, 11) is 5.65. The van der Waals surface area contributed by atoms with E-state index in [1.165, 1.54) is 46.3 Å². The van der Waals surface area contributed by atoms with Gasteiger partial charge in [0.05, 0.1) is 50.9 Å². The number of alkyl halides is 1. The van der Waals surface area contributed by atoms with Crippen LogP contribution in [0.15, 0.2) is 18.2 Å². The number of benzene rings is 2. The first-order chi connectivity index (χ1) is 18.1. The molecule has 3 aromatic rings. The fraction of sp³-hybridized carbons (Fsp3) is 0.346. The third kappa shape index (κ3) is 3.38. The summed E-state index contributed by atoms with van der Waals surface area (Å²) in [4.78, 5) is 44.3. The summed E-state index contributed by atoms with van der Waals surface area (Å²) in [5, 5.41) is 14.3. The number of Topliss-reactive ketones (excluding diaryl/α,β-unsaturated/α-hetero) is 1. The quantitative estimate of drug-likeness (QED) is 0.185. The Labute approximate surface area is 222 Å². The molecular formula is C26H26ClN3O8. The molecule has 200 valence electrons. The second-order valence-corrected chi connectivity index (χ2v) is 9.52. The number of aromatic amines is 1. The van der Waals surface area contributed by atoms with Crippen LogP contribution in [0.4, 0.5) is 11.4 Å². The lowest BCUT2D eigenvalue weighted by molar-refractivity contribution is -0.143. The summed E-state index contributed by atoms with van der Waals surface area (Å²) >= 11 is 6.30. The molecule has 3 heterocycles. The van der Waals surface area contributed by atoms with Gasteiger partial charge in [0.1, 0.15) is 11.4 Å². The van der Waals surface area contributed by atoms with E-state index in [0.29, 0.717) is 39.4 Å². The molecule has 0 spiro atoms. The minimum Gasteiger partial charge on any atom is -0.506 e. The number of ether oxygens (including phenoxy) is 4. The molecule has 0 fully saturated rings. The molecule has 2 aliphatic heterocycles. The van der Waals surface area contributed by atoms with E-state index >= 15 is 0 Å². The first kappa shape index (κ1) is 25.5. The summed E-state index contributed by atoms with van der Waals surface area (Å²) in [6.45, 7) is 1.55. The average molecular weight is 544 g/mol. The SMILES string of the molecule is COC(=O)[C@]1(C)Nc2c(O)cc3c(c2C1=O)C(CCl)CN3C(=O)c1cc2cc(OC)c(OC)c(OC)c2[nH]1. The van der Waals surface area contributed by atoms with Crippen molar-refractivity contribution < 1.29 is 38.4 Å². The lowest BCUT2D eigenvalue weighted by Crippen LogP contribution is -2.47. The van der Waals surface area contributed by atoms with Crippen LogP contribution in [0.1, 0.15) is 39.3 Å². The van der Waals surface area contributed by atoms with Crippen molar-refractivity contribution in [3.63, 3.8) is 0 Å². The number of esters is 1. The highest BCUT2D eigenvalue weighted by Gasteiger charge is 2.53. The number of amides is 1. The number of aromatic nitrogens is 1. The van der Waals surface area contributed by atoms with Crippen molar-refractivity contribution in [3.8, 4) is 23.0 Å². The standard InChI is InChI=1S/C26H26ClN3O8/c1-26(25(34)38-5)23(32)18-17-12(9-27)10-30(14(17)8-15(31)20(18)29-26)24(33)13-6-11-7-16(35-2)21(36-3)22(37-4)19(11)28-13/h6-8,12,28-29,31H,9-10H2,1-5H3/t12?,26-/m1/s1. The van der Waals surface area contributed by atoms with Crippen LogP contribution in [0.25, 0.3) is 10.9 Å². The number of nitrogens with zero attached hydrogens (tertiary/aromatic N) is 1. The van der Waals surface area contributed by atoms with Gasteiger partial charge in [0, 0.05) is 29.8 Å². The molecule has 2 aromatic carbocycles. The maximum absolute atomic E-state index is 13.8. The Balaban J connectivity index is 1.62.